The molecule has 0 bridgehead atoms. The lowest BCUT2D eigenvalue weighted by Crippen LogP contribution is -3.13. The Labute approximate surface area is 165 Å². The summed E-state index contributed by atoms with van der Waals surface area (Å²) < 4.78 is 2.38. The van der Waals surface area contributed by atoms with Gasteiger partial charge in [0.15, 0.2) is 5.78 Å². The maximum Gasteiger partial charge on any atom is 0.201 e. The summed E-state index contributed by atoms with van der Waals surface area (Å²) in [7, 11) is 0. The van der Waals surface area contributed by atoms with Gasteiger partial charge in [0.05, 0.1) is 31.7 Å². The molecule has 0 spiro atoms. The summed E-state index contributed by atoms with van der Waals surface area (Å²) in [6.07, 6.45) is 1.78. The van der Waals surface area contributed by atoms with Crippen molar-refractivity contribution in [1.29, 1.82) is 0 Å². The van der Waals surface area contributed by atoms with E-state index in [1.54, 1.807) is 17.9 Å². The van der Waals surface area contributed by atoms with E-state index in [4.69, 9.17) is 12.2 Å². The van der Waals surface area contributed by atoms with Gasteiger partial charge >= 0.3 is 0 Å². The van der Waals surface area contributed by atoms with Crippen LogP contribution in [0.1, 0.15) is 28.5 Å². The fourth-order valence-electron chi connectivity index (χ4n) is 3.73. The van der Waals surface area contributed by atoms with Crippen LogP contribution in [-0.2, 0) is 13.1 Å². The Kier molecular flexibility index (Phi) is 6.19. The van der Waals surface area contributed by atoms with E-state index in [1.165, 1.54) is 5.56 Å². The summed E-state index contributed by atoms with van der Waals surface area (Å²) in [6.45, 7) is 12.7. The molecule has 0 radical (unpaired) electrons. The Morgan fingerprint density at radius 3 is 2.56 bits per heavy atom. The average Bonchev–Trinajstić information content (AvgIpc) is 2.66. The molecule has 5 nitrogen and oxygen atoms in total. The van der Waals surface area contributed by atoms with Gasteiger partial charge in [-0.2, -0.15) is 0 Å². The molecular formula is C21H27N4OS+. The number of carbonyl (C=O) groups is 1. The van der Waals surface area contributed by atoms with E-state index in [9.17, 15) is 4.79 Å². The average molecular weight is 384 g/mol. The van der Waals surface area contributed by atoms with Crippen molar-refractivity contribution in [1.82, 2.24) is 9.55 Å². The number of nitrogens with zero attached hydrogens (tertiary/aromatic N) is 3. The van der Waals surface area contributed by atoms with E-state index < -0.39 is 0 Å². The molecule has 0 atom stereocenters. The number of rotatable bonds is 6. The largest absolute Gasteiger partial charge is 0.345 e. The highest BCUT2D eigenvalue weighted by Crippen LogP contribution is 2.23. The first kappa shape index (κ1) is 19.5. The highest BCUT2D eigenvalue weighted by molar-refractivity contribution is 7.71. The van der Waals surface area contributed by atoms with E-state index >= 15 is 0 Å². The number of allylic oxidation sites excluding steroid dienone is 1. The Bertz CT molecular complexity index is 883. The zero-order chi connectivity index (χ0) is 19.4. The Morgan fingerprint density at radius 2 is 1.96 bits per heavy atom. The smallest absolute Gasteiger partial charge is 0.201 e. The van der Waals surface area contributed by atoms with Gasteiger partial charge in [0.25, 0.3) is 0 Å². The Hall–Kier alpha value is -2.31. The van der Waals surface area contributed by atoms with Gasteiger partial charge in [-0.05, 0) is 26.1 Å². The van der Waals surface area contributed by atoms with Gasteiger partial charge in [0.1, 0.15) is 12.4 Å². The summed E-state index contributed by atoms with van der Waals surface area (Å²) in [4.78, 5) is 20.8. The molecule has 0 amide bonds. The molecule has 1 N–H and O–H groups in total. The predicted octanol–water partition coefficient (Wildman–Crippen LogP) is 2.21. The molecule has 1 fully saturated rings. The lowest BCUT2D eigenvalue weighted by molar-refractivity contribution is -0.914. The zero-order valence-corrected chi connectivity index (χ0v) is 16.9. The van der Waals surface area contributed by atoms with E-state index in [2.05, 4.69) is 46.8 Å². The third kappa shape index (κ3) is 4.34. The minimum absolute atomic E-state index is 0.0295. The van der Waals surface area contributed by atoms with Crippen molar-refractivity contribution in [3.05, 3.63) is 64.6 Å². The first-order valence-corrected chi connectivity index (χ1v) is 9.77. The maximum absolute atomic E-state index is 12.4. The molecule has 0 unspecified atom stereocenters. The highest BCUT2D eigenvalue weighted by atomic mass is 32.1. The van der Waals surface area contributed by atoms with Crippen LogP contribution in [0.5, 0.6) is 0 Å². The molecule has 1 saturated heterocycles. The monoisotopic (exact) mass is 383 g/mol. The number of hydrogen-bond acceptors (Lipinski definition) is 4. The maximum atomic E-state index is 12.4. The molecule has 2 heterocycles. The van der Waals surface area contributed by atoms with E-state index in [0.717, 1.165) is 44.2 Å². The minimum Gasteiger partial charge on any atom is -0.345 e. The summed E-state index contributed by atoms with van der Waals surface area (Å²) in [5, 5.41) is 0. The molecule has 0 saturated carbocycles. The van der Waals surface area contributed by atoms with Crippen molar-refractivity contribution in [2.45, 2.75) is 26.9 Å². The highest BCUT2D eigenvalue weighted by Gasteiger charge is 2.26. The number of benzene rings is 1. The van der Waals surface area contributed by atoms with Gasteiger partial charge in [-0.1, -0.05) is 36.4 Å². The predicted molar refractivity (Wildman–Crippen MR) is 111 cm³/mol. The quantitative estimate of drug-likeness (QED) is 0.472. The number of ketones is 1. The Morgan fingerprint density at radius 1 is 1.30 bits per heavy atom. The molecule has 2 aromatic rings. The normalized spacial score (nSPS) is 15.0. The number of aromatic nitrogens is 2. The lowest BCUT2D eigenvalue weighted by Gasteiger charge is -2.34. The lowest BCUT2D eigenvalue weighted by atomic mass is 10.1. The molecule has 3 rings (SSSR count). The zero-order valence-electron chi connectivity index (χ0n) is 16.1. The second kappa shape index (κ2) is 8.59. The molecule has 1 aliphatic rings. The van der Waals surface area contributed by atoms with Gasteiger partial charge < -0.3 is 14.4 Å². The number of quaternary nitrogens is 1. The fourth-order valence-corrected chi connectivity index (χ4v) is 4.03. The molecule has 6 heteroatoms. The minimum atomic E-state index is 0.0295. The first-order valence-electron chi connectivity index (χ1n) is 9.37. The summed E-state index contributed by atoms with van der Waals surface area (Å²) >= 11 is 5.48. The van der Waals surface area contributed by atoms with Crippen LogP contribution in [0.25, 0.3) is 0 Å². The second-order valence-electron chi connectivity index (χ2n) is 7.03. The number of nitrogens with one attached hydrogen (secondary N) is 1. The number of anilines is 1. The van der Waals surface area contributed by atoms with Crippen LogP contribution in [0.2, 0.25) is 0 Å². The van der Waals surface area contributed by atoms with Crippen molar-refractivity contribution < 1.29 is 9.69 Å². The summed E-state index contributed by atoms with van der Waals surface area (Å²) in [5.74, 6) is 0.769. The van der Waals surface area contributed by atoms with Gasteiger partial charge in [0.2, 0.25) is 4.77 Å². The van der Waals surface area contributed by atoms with E-state index in [1.807, 2.05) is 11.5 Å². The SMILES string of the molecule is C=CCn1c(C)c(C(C)=O)c(N2CC[NH+](Cc3ccccc3)CC2)nc1=S. The van der Waals surface area contributed by atoms with Gasteiger partial charge in [0, 0.05) is 17.8 Å². The van der Waals surface area contributed by atoms with Crippen LogP contribution in [0, 0.1) is 11.7 Å². The van der Waals surface area contributed by atoms with E-state index in [-0.39, 0.29) is 5.78 Å². The van der Waals surface area contributed by atoms with Crippen LogP contribution in [-0.4, -0.2) is 41.5 Å². The van der Waals surface area contributed by atoms with Crippen molar-refractivity contribution in [3.63, 3.8) is 0 Å². The third-order valence-electron chi connectivity index (χ3n) is 5.15. The van der Waals surface area contributed by atoms with Gasteiger partial charge in [-0.3, -0.25) is 4.79 Å². The van der Waals surface area contributed by atoms with Crippen molar-refractivity contribution >= 4 is 23.8 Å². The van der Waals surface area contributed by atoms with Crippen LogP contribution in [0.15, 0.2) is 43.0 Å². The number of Topliss-reactive ketones (excluding diaryl/α,β-unsaturated/α-hetero) is 1. The number of hydrogen-bond donors (Lipinski definition) is 1. The summed E-state index contributed by atoms with van der Waals surface area (Å²) in [5.41, 5.74) is 2.91. The van der Waals surface area contributed by atoms with Crippen molar-refractivity contribution in [2.75, 3.05) is 31.1 Å². The van der Waals surface area contributed by atoms with Crippen LogP contribution < -0.4 is 9.80 Å². The fraction of sp³-hybridized carbons (Fsp3) is 0.381. The molecule has 1 aromatic carbocycles. The summed E-state index contributed by atoms with van der Waals surface area (Å²) in [6, 6.07) is 10.6. The second-order valence-corrected chi connectivity index (χ2v) is 7.40. The van der Waals surface area contributed by atoms with Crippen LogP contribution in [0.3, 0.4) is 0 Å². The van der Waals surface area contributed by atoms with E-state index in [0.29, 0.717) is 16.9 Å². The van der Waals surface area contributed by atoms with Crippen LogP contribution in [0.4, 0.5) is 5.82 Å². The van der Waals surface area contributed by atoms with Crippen molar-refractivity contribution in [2.24, 2.45) is 0 Å². The number of carbonyl (C=O) groups excluding carboxylic acids is 1. The van der Waals surface area contributed by atoms with Crippen LogP contribution >= 0.6 is 12.2 Å². The molecule has 0 aliphatic carbocycles. The Balaban J connectivity index is 1.80. The first-order chi connectivity index (χ1) is 13.0. The van der Waals surface area contributed by atoms with Gasteiger partial charge in [-0.15, -0.1) is 6.58 Å². The molecule has 1 aromatic heterocycles. The number of piperazine rings is 1. The molecule has 1 aliphatic heterocycles. The van der Waals surface area contributed by atoms with Crippen molar-refractivity contribution in [3.8, 4) is 0 Å². The molecular weight excluding hydrogens is 356 g/mol. The third-order valence-corrected chi connectivity index (χ3v) is 5.47. The topological polar surface area (TPSA) is 42.6 Å². The molecule has 27 heavy (non-hydrogen) atoms. The standard InChI is InChI=1S/C21H26N4OS/c1-4-10-25-16(2)19(17(3)26)20(22-21(25)27)24-13-11-23(12-14-24)15-18-8-6-5-7-9-18/h4-9H,1,10-15H2,2-3H3/p+1. The van der Waals surface area contributed by atoms with Gasteiger partial charge in [-0.25, -0.2) is 4.98 Å². The molecule has 142 valence electrons.